The van der Waals surface area contributed by atoms with Gasteiger partial charge in [-0.05, 0) is 37.1 Å². The lowest BCUT2D eigenvalue weighted by molar-refractivity contribution is -0.138. The molecule has 7 heteroatoms. The second-order valence-electron chi connectivity index (χ2n) is 7.02. The molecule has 1 aromatic heterocycles. The van der Waals surface area contributed by atoms with Crippen LogP contribution in [0.3, 0.4) is 0 Å². The molecule has 2 N–H and O–H groups in total. The number of hydrogen-bond acceptors (Lipinski definition) is 5. The summed E-state index contributed by atoms with van der Waals surface area (Å²) in [5.41, 5.74) is 1.27. The minimum Gasteiger partial charge on any atom is -0.489 e. The van der Waals surface area contributed by atoms with Crippen LogP contribution in [0, 0.1) is 5.82 Å². The van der Waals surface area contributed by atoms with Crippen molar-refractivity contribution in [2.75, 3.05) is 29.9 Å². The largest absolute Gasteiger partial charge is 0.489 e. The quantitative estimate of drug-likeness (QED) is 0.716. The molecule has 1 aromatic carbocycles. The fourth-order valence-electron chi connectivity index (χ4n) is 3.26. The topological polar surface area (TPSA) is 74.7 Å². The lowest BCUT2D eigenvalue weighted by Crippen LogP contribution is -2.25. The molecule has 6 nitrogen and oxygen atoms in total. The molecule has 0 bridgehead atoms. The lowest BCUT2D eigenvalue weighted by Gasteiger charge is -2.21. The standard InChI is InChI=1S/C21H26FN3O3/c1-3-10-23-20-19(22)18(8-11-24-20)25-12-9-17(13-25)28-16-6-4-15(5-7-16)14(2)21(26)27/h4-8,11,14,17H,3,9-10,12-13H2,1-2H3,(H,23,24)(H,26,27)/t14?,17-/m1/s1. The smallest absolute Gasteiger partial charge is 0.310 e. The van der Waals surface area contributed by atoms with Gasteiger partial charge < -0.3 is 20.1 Å². The Morgan fingerprint density at radius 3 is 2.82 bits per heavy atom. The van der Waals surface area contributed by atoms with E-state index < -0.39 is 11.9 Å². The number of pyridine rings is 1. The molecule has 28 heavy (non-hydrogen) atoms. The average Bonchev–Trinajstić information content (AvgIpc) is 3.15. The third-order valence-corrected chi connectivity index (χ3v) is 4.95. The number of anilines is 2. The Kier molecular flexibility index (Phi) is 6.34. The SMILES string of the molecule is CCCNc1nccc(N2CC[C@@H](Oc3ccc(C(C)C(=O)O)cc3)C2)c1F. The fraction of sp³-hybridized carbons (Fsp3) is 0.429. The summed E-state index contributed by atoms with van der Waals surface area (Å²) in [5.74, 6) is -0.766. The summed E-state index contributed by atoms with van der Waals surface area (Å²) in [6.45, 7) is 5.63. The summed E-state index contributed by atoms with van der Waals surface area (Å²) in [6, 6.07) is 8.81. The van der Waals surface area contributed by atoms with Gasteiger partial charge in [-0.2, -0.15) is 0 Å². The molecule has 2 atom stereocenters. The second-order valence-corrected chi connectivity index (χ2v) is 7.02. The summed E-state index contributed by atoms with van der Waals surface area (Å²) < 4.78 is 20.7. The van der Waals surface area contributed by atoms with E-state index in [9.17, 15) is 9.18 Å². The molecule has 0 saturated carbocycles. The number of ether oxygens (including phenoxy) is 1. The van der Waals surface area contributed by atoms with Crippen LogP contribution in [-0.2, 0) is 4.79 Å². The first-order chi connectivity index (χ1) is 13.5. The van der Waals surface area contributed by atoms with Gasteiger partial charge in [0.15, 0.2) is 11.6 Å². The van der Waals surface area contributed by atoms with Gasteiger partial charge in [-0.15, -0.1) is 0 Å². The van der Waals surface area contributed by atoms with Crippen LogP contribution in [0.4, 0.5) is 15.9 Å². The molecule has 1 unspecified atom stereocenters. The third-order valence-electron chi connectivity index (χ3n) is 4.95. The van der Waals surface area contributed by atoms with Crippen molar-refractivity contribution in [2.45, 2.75) is 38.7 Å². The van der Waals surface area contributed by atoms with Gasteiger partial charge >= 0.3 is 5.97 Å². The normalized spacial score (nSPS) is 17.4. The average molecular weight is 387 g/mol. The van der Waals surface area contributed by atoms with Crippen molar-refractivity contribution >= 4 is 17.5 Å². The number of carboxylic acid groups (broad SMARTS) is 1. The monoisotopic (exact) mass is 387 g/mol. The Hall–Kier alpha value is -2.83. The van der Waals surface area contributed by atoms with Crippen molar-refractivity contribution in [2.24, 2.45) is 0 Å². The zero-order chi connectivity index (χ0) is 20.1. The maximum Gasteiger partial charge on any atom is 0.310 e. The zero-order valence-corrected chi connectivity index (χ0v) is 16.2. The molecule has 0 spiro atoms. The van der Waals surface area contributed by atoms with Crippen molar-refractivity contribution in [1.29, 1.82) is 0 Å². The van der Waals surface area contributed by atoms with Gasteiger partial charge in [0.1, 0.15) is 11.9 Å². The lowest BCUT2D eigenvalue weighted by atomic mass is 10.0. The van der Waals surface area contributed by atoms with Gasteiger partial charge in [0.2, 0.25) is 0 Å². The molecule has 2 aromatic rings. The molecule has 1 aliphatic heterocycles. The number of benzene rings is 1. The Bertz CT molecular complexity index is 813. The number of aliphatic carboxylic acids is 1. The highest BCUT2D eigenvalue weighted by Crippen LogP contribution is 2.29. The zero-order valence-electron chi connectivity index (χ0n) is 16.2. The van der Waals surface area contributed by atoms with Crippen LogP contribution in [0.1, 0.15) is 38.2 Å². The molecular weight excluding hydrogens is 361 g/mol. The molecule has 1 fully saturated rings. The minimum absolute atomic E-state index is 0.0534. The summed E-state index contributed by atoms with van der Waals surface area (Å²) in [5, 5.41) is 12.1. The van der Waals surface area contributed by atoms with Crippen LogP contribution in [0.15, 0.2) is 36.5 Å². The van der Waals surface area contributed by atoms with Crippen molar-refractivity contribution in [3.05, 3.63) is 47.9 Å². The number of nitrogens with one attached hydrogen (secondary N) is 1. The van der Waals surface area contributed by atoms with Gasteiger partial charge in [0, 0.05) is 25.7 Å². The molecule has 0 aliphatic carbocycles. The highest BCUT2D eigenvalue weighted by Gasteiger charge is 2.27. The predicted octanol–water partition coefficient (Wildman–Crippen LogP) is 3.89. The Balaban J connectivity index is 1.62. The van der Waals surface area contributed by atoms with E-state index in [4.69, 9.17) is 9.84 Å². The van der Waals surface area contributed by atoms with E-state index in [0.29, 0.717) is 31.1 Å². The Morgan fingerprint density at radius 1 is 1.39 bits per heavy atom. The molecule has 3 rings (SSSR count). The first-order valence-electron chi connectivity index (χ1n) is 9.62. The van der Waals surface area contributed by atoms with Crippen molar-refractivity contribution in [3.8, 4) is 5.75 Å². The van der Waals surface area contributed by atoms with E-state index in [2.05, 4.69) is 10.3 Å². The first kappa shape index (κ1) is 19.9. The van der Waals surface area contributed by atoms with E-state index in [1.54, 1.807) is 43.5 Å². The number of aromatic nitrogens is 1. The third kappa shape index (κ3) is 4.52. The first-order valence-corrected chi connectivity index (χ1v) is 9.62. The maximum atomic E-state index is 14.7. The van der Waals surface area contributed by atoms with Gasteiger partial charge in [-0.1, -0.05) is 19.1 Å². The summed E-state index contributed by atoms with van der Waals surface area (Å²) in [7, 11) is 0. The molecular formula is C21H26FN3O3. The van der Waals surface area contributed by atoms with Crippen LogP contribution >= 0.6 is 0 Å². The van der Waals surface area contributed by atoms with E-state index in [0.717, 1.165) is 18.4 Å². The molecule has 1 aliphatic rings. The van der Waals surface area contributed by atoms with Crippen molar-refractivity contribution in [3.63, 3.8) is 0 Å². The van der Waals surface area contributed by atoms with Gasteiger partial charge in [-0.3, -0.25) is 4.79 Å². The van der Waals surface area contributed by atoms with E-state index in [1.807, 2.05) is 11.8 Å². The van der Waals surface area contributed by atoms with E-state index in [1.165, 1.54) is 0 Å². The molecule has 1 saturated heterocycles. The molecule has 2 heterocycles. The molecule has 0 amide bonds. The number of hydrogen-bond donors (Lipinski definition) is 2. The Morgan fingerprint density at radius 2 is 2.14 bits per heavy atom. The Labute approximate surface area is 164 Å². The minimum atomic E-state index is -0.854. The summed E-state index contributed by atoms with van der Waals surface area (Å²) in [4.78, 5) is 17.1. The van der Waals surface area contributed by atoms with Crippen LogP contribution in [0.2, 0.25) is 0 Å². The highest BCUT2D eigenvalue weighted by atomic mass is 19.1. The number of carbonyl (C=O) groups is 1. The highest BCUT2D eigenvalue weighted by molar-refractivity contribution is 5.75. The van der Waals surface area contributed by atoms with Gasteiger partial charge in [-0.25, -0.2) is 9.37 Å². The van der Waals surface area contributed by atoms with Gasteiger partial charge in [0.25, 0.3) is 0 Å². The summed E-state index contributed by atoms with van der Waals surface area (Å²) in [6.07, 6.45) is 3.25. The number of halogens is 1. The van der Waals surface area contributed by atoms with E-state index >= 15 is 0 Å². The number of carboxylic acids is 1. The van der Waals surface area contributed by atoms with Crippen LogP contribution < -0.4 is 15.0 Å². The predicted molar refractivity (Wildman–Crippen MR) is 107 cm³/mol. The van der Waals surface area contributed by atoms with E-state index in [-0.39, 0.29) is 17.7 Å². The van der Waals surface area contributed by atoms with Crippen LogP contribution in [0.5, 0.6) is 5.75 Å². The van der Waals surface area contributed by atoms with Crippen LogP contribution in [0.25, 0.3) is 0 Å². The van der Waals surface area contributed by atoms with Gasteiger partial charge in [0.05, 0.1) is 18.2 Å². The second kappa shape index (κ2) is 8.91. The van der Waals surface area contributed by atoms with Crippen molar-refractivity contribution < 1.29 is 19.0 Å². The summed E-state index contributed by atoms with van der Waals surface area (Å²) >= 11 is 0. The van der Waals surface area contributed by atoms with Crippen LogP contribution in [-0.4, -0.2) is 41.8 Å². The maximum absolute atomic E-state index is 14.7. The molecule has 150 valence electrons. The van der Waals surface area contributed by atoms with Crippen molar-refractivity contribution in [1.82, 2.24) is 4.98 Å². The number of nitrogens with zero attached hydrogens (tertiary/aromatic N) is 2. The molecule has 0 radical (unpaired) electrons. The fourth-order valence-corrected chi connectivity index (χ4v) is 3.26. The number of rotatable bonds is 8.